The van der Waals surface area contributed by atoms with Crippen LogP contribution < -0.4 is 14.2 Å². The third-order valence-electron chi connectivity index (χ3n) is 3.34. The van der Waals surface area contributed by atoms with Gasteiger partial charge in [0.1, 0.15) is 24.9 Å². The molecule has 0 spiro atoms. The number of hydrogen-bond acceptors (Lipinski definition) is 5. The summed E-state index contributed by atoms with van der Waals surface area (Å²) in [6.07, 6.45) is 1.70. The number of carboxylic acid groups (broad SMARTS) is 1. The topological polar surface area (TPSA) is 74.2 Å². The Hall–Kier alpha value is -1.95. The molecule has 1 aromatic carbocycles. The molecule has 20 heavy (non-hydrogen) atoms. The van der Waals surface area contributed by atoms with Crippen molar-refractivity contribution in [1.29, 1.82) is 0 Å². The zero-order valence-electron chi connectivity index (χ0n) is 11.0. The van der Waals surface area contributed by atoms with Gasteiger partial charge in [-0.1, -0.05) is 0 Å². The fourth-order valence-corrected chi connectivity index (χ4v) is 2.35. The molecule has 2 aliphatic rings. The zero-order valence-corrected chi connectivity index (χ0v) is 11.0. The molecule has 1 aromatic rings. The van der Waals surface area contributed by atoms with Gasteiger partial charge in [0.2, 0.25) is 5.75 Å². The van der Waals surface area contributed by atoms with Crippen LogP contribution in [0.4, 0.5) is 0 Å². The third kappa shape index (κ3) is 2.51. The number of aromatic carboxylic acids is 1. The predicted molar refractivity (Wildman–Crippen MR) is 68.9 cm³/mol. The highest BCUT2D eigenvalue weighted by atomic mass is 16.6. The first-order chi connectivity index (χ1) is 9.75. The molecule has 0 amide bonds. The highest BCUT2D eigenvalue weighted by molar-refractivity contribution is 5.92. The molecular weight excluding hydrogens is 264 g/mol. The van der Waals surface area contributed by atoms with E-state index in [1.807, 2.05) is 0 Å². The SMILES string of the molecule is O=C(O)c1ccc(OC2CCOCC2)c2c1OCCO2. The first kappa shape index (κ1) is 13.1. The van der Waals surface area contributed by atoms with Gasteiger partial charge in [-0.05, 0) is 12.1 Å². The highest BCUT2D eigenvalue weighted by Gasteiger charge is 2.26. The quantitative estimate of drug-likeness (QED) is 0.908. The second-order valence-electron chi connectivity index (χ2n) is 4.70. The maximum Gasteiger partial charge on any atom is 0.339 e. The first-order valence-electron chi connectivity index (χ1n) is 6.66. The van der Waals surface area contributed by atoms with Gasteiger partial charge in [0.25, 0.3) is 0 Å². The van der Waals surface area contributed by atoms with Gasteiger partial charge < -0.3 is 24.1 Å². The Morgan fingerprint density at radius 2 is 1.80 bits per heavy atom. The molecule has 6 nitrogen and oxygen atoms in total. The normalized spacial score (nSPS) is 18.6. The van der Waals surface area contributed by atoms with Crippen molar-refractivity contribution in [3.05, 3.63) is 17.7 Å². The van der Waals surface area contributed by atoms with Crippen LogP contribution in [0.15, 0.2) is 12.1 Å². The molecule has 1 fully saturated rings. The summed E-state index contributed by atoms with van der Waals surface area (Å²) in [4.78, 5) is 11.2. The molecule has 2 aliphatic heterocycles. The minimum absolute atomic E-state index is 0.0639. The van der Waals surface area contributed by atoms with Crippen LogP contribution >= 0.6 is 0 Å². The average Bonchev–Trinajstić information content (AvgIpc) is 2.48. The summed E-state index contributed by atoms with van der Waals surface area (Å²) >= 11 is 0. The van der Waals surface area contributed by atoms with Crippen molar-refractivity contribution in [2.24, 2.45) is 0 Å². The fourth-order valence-electron chi connectivity index (χ4n) is 2.35. The van der Waals surface area contributed by atoms with Crippen LogP contribution in [0.3, 0.4) is 0 Å². The summed E-state index contributed by atoms with van der Waals surface area (Å²) in [5, 5.41) is 9.16. The minimum atomic E-state index is -1.04. The first-order valence-corrected chi connectivity index (χ1v) is 6.66. The van der Waals surface area contributed by atoms with E-state index in [9.17, 15) is 4.79 Å². The van der Waals surface area contributed by atoms with Crippen molar-refractivity contribution in [2.75, 3.05) is 26.4 Å². The van der Waals surface area contributed by atoms with Crippen molar-refractivity contribution in [3.8, 4) is 17.2 Å². The number of benzene rings is 1. The molecule has 0 unspecified atom stereocenters. The lowest BCUT2D eigenvalue weighted by Crippen LogP contribution is -2.27. The largest absolute Gasteiger partial charge is 0.486 e. The average molecular weight is 280 g/mol. The Balaban J connectivity index is 1.89. The Kier molecular flexibility index (Phi) is 3.64. The van der Waals surface area contributed by atoms with E-state index in [4.69, 9.17) is 24.1 Å². The molecule has 0 bridgehead atoms. The minimum Gasteiger partial charge on any atom is -0.486 e. The van der Waals surface area contributed by atoms with E-state index in [0.29, 0.717) is 37.9 Å². The van der Waals surface area contributed by atoms with Crippen molar-refractivity contribution in [1.82, 2.24) is 0 Å². The summed E-state index contributed by atoms with van der Waals surface area (Å²) in [5.74, 6) is 0.150. The highest BCUT2D eigenvalue weighted by Crippen LogP contribution is 2.42. The molecule has 0 atom stereocenters. The summed E-state index contributed by atoms with van der Waals surface area (Å²) in [7, 11) is 0. The maximum atomic E-state index is 11.2. The predicted octanol–water partition coefficient (Wildman–Crippen LogP) is 1.71. The summed E-state index contributed by atoms with van der Waals surface area (Å²) in [5.41, 5.74) is 0.0963. The summed E-state index contributed by atoms with van der Waals surface area (Å²) in [6, 6.07) is 3.12. The van der Waals surface area contributed by atoms with E-state index in [1.165, 1.54) is 6.07 Å². The lowest BCUT2D eigenvalue weighted by Gasteiger charge is -2.27. The molecule has 1 saturated heterocycles. The number of fused-ring (bicyclic) bond motifs is 1. The van der Waals surface area contributed by atoms with Crippen LogP contribution in [-0.4, -0.2) is 43.6 Å². The number of carbonyl (C=O) groups is 1. The number of rotatable bonds is 3. The van der Waals surface area contributed by atoms with Gasteiger partial charge in [0, 0.05) is 12.8 Å². The number of carboxylic acids is 1. The van der Waals surface area contributed by atoms with Crippen molar-refractivity contribution >= 4 is 5.97 Å². The second kappa shape index (κ2) is 5.58. The lowest BCUT2D eigenvalue weighted by molar-refractivity contribution is 0.0233. The van der Waals surface area contributed by atoms with E-state index in [0.717, 1.165) is 12.8 Å². The molecule has 1 N–H and O–H groups in total. The molecule has 0 saturated carbocycles. The molecule has 0 radical (unpaired) electrons. The van der Waals surface area contributed by atoms with Gasteiger partial charge in [-0.25, -0.2) is 4.79 Å². The van der Waals surface area contributed by atoms with Crippen LogP contribution in [0.25, 0.3) is 0 Å². The van der Waals surface area contributed by atoms with E-state index in [-0.39, 0.29) is 17.4 Å². The smallest absolute Gasteiger partial charge is 0.339 e. The Labute approximate surface area is 116 Å². The monoisotopic (exact) mass is 280 g/mol. The molecule has 3 rings (SSSR count). The van der Waals surface area contributed by atoms with Gasteiger partial charge in [0.15, 0.2) is 11.5 Å². The van der Waals surface area contributed by atoms with E-state index < -0.39 is 5.97 Å². The van der Waals surface area contributed by atoms with Crippen LogP contribution in [0, 0.1) is 0 Å². The zero-order chi connectivity index (χ0) is 13.9. The van der Waals surface area contributed by atoms with Gasteiger partial charge in [0.05, 0.1) is 13.2 Å². The molecule has 6 heteroatoms. The van der Waals surface area contributed by atoms with Crippen LogP contribution in [0.5, 0.6) is 17.2 Å². The third-order valence-corrected chi connectivity index (χ3v) is 3.34. The number of ether oxygens (including phenoxy) is 4. The summed E-state index contributed by atoms with van der Waals surface area (Å²) in [6.45, 7) is 2.09. The van der Waals surface area contributed by atoms with Gasteiger partial charge in [-0.15, -0.1) is 0 Å². The summed E-state index contributed by atoms with van der Waals surface area (Å²) < 4.78 is 22.2. The van der Waals surface area contributed by atoms with E-state index in [2.05, 4.69) is 0 Å². The van der Waals surface area contributed by atoms with Gasteiger partial charge in [-0.3, -0.25) is 0 Å². The van der Waals surface area contributed by atoms with Gasteiger partial charge >= 0.3 is 5.97 Å². The number of hydrogen-bond donors (Lipinski definition) is 1. The Bertz CT molecular complexity index is 507. The molecule has 0 aliphatic carbocycles. The maximum absolute atomic E-state index is 11.2. The van der Waals surface area contributed by atoms with E-state index >= 15 is 0 Å². The Morgan fingerprint density at radius 3 is 2.50 bits per heavy atom. The Morgan fingerprint density at radius 1 is 1.10 bits per heavy atom. The van der Waals surface area contributed by atoms with Crippen LogP contribution in [0.2, 0.25) is 0 Å². The molecule has 2 heterocycles. The fraction of sp³-hybridized carbons (Fsp3) is 0.500. The van der Waals surface area contributed by atoms with Crippen molar-refractivity contribution in [2.45, 2.75) is 18.9 Å². The van der Waals surface area contributed by atoms with E-state index in [1.54, 1.807) is 6.07 Å². The van der Waals surface area contributed by atoms with Gasteiger partial charge in [-0.2, -0.15) is 0 Å². The van der Waals surface area contributed by atoms with Crippen LogP contribution in [-0.2, 0) is 4.74 Å². The molecule has 0 aromatic heterocycles. The molecule has 108 valence electrons. The van der Waals surface area contributed by atoms with Crippen molar-refractivity contribution in [3.63, 3.8) is 0 Å². The van der Waals surface area contributed by atoms with Crippen LogP contribution in [0.1, 0.15) is 23.2 Å². The molecular formula is C14H16O6. The van der Waals surface area contributed by atoms with Crippen molar-refractivity contribution < 1.29 is 28.8 Å². The lowest BCUT2D eigenvalue weighted by atomic mass is 10.1. The second-order valence-corrected chi connectivity index (χ2v) is 4.70. The standard InChI is InChI=1S/C14H16O6/c15-14(16)10-1-2-11(13-12(10)18-7-8-19-13)20-9-3-5-17-6-4-9/h1-2,9H,3-8H2,(H,15,16).